The first-order valence-corrected chi connectivity index (χ1v) is 7.70. The van der Waals surface area contributed by atoms with Crippen LogP contribution in [0.25, 0.3) is 0 Å². The number of carbonyl (C=O) groups is 1. The minimum atomic E-state index is -4.38. The van der Waals surface area contributed by atoms with E-state index in [0.29, 0.717) is 11.4 Å². The summed E-state index contributed by atoms with van der Waals surface area (Å²) in [6, 6.07) is 1.49. The Labute approximate surface area is 147 Å². The number of halogens is 4. The van der Waals surface area contributed by atoms with Gasteiger partial charge in [-0.2, -0.15) is 28.5 Å². The van der Waals surface area contributed by atoms with Crippen LogP contribution in [-0.2, 0) is 13.2 Å². The predicted molar refractivity (Wildman–Crippen MR) is 83.8 cm³/mol. The molecule has 3 heterocycles. The van der Waals surface area contributed by atoms with Crippen molar-refractivity contribution in [3.8, 4) is 0 Å². The van der Waals surface area contributed by atoms with E-state index in [1.54, 1.807) is 23.3 Å². The second kappa shape index (κ2) is 6.70. The minimum Gasteiger partial charge on any atom is -0.318 e. The molecule has 1 N–H and O–H groups in total. The molecule has 0 aliphatic carbocycles. The van der Waals surface area contributed by atoms with Crippen LogP contribution in [0.1, 0.15) is 10.5 Å². The summed E-state index contributed by atoms with van der Waals surface area (Å²) in [4.78, 5) is 12.1. The molecule has 0 bridgehead atoms. The van der Waals surface area contributed by atoms with Gasteiger partial charge < -0.3 is 5.32 Å². The van der Waals surface area contributed by atoms with Crippen molar-refractivity contribution >= 4 is 27.5 Å². The largest absolute Gasteiger partial charge is 0.408 e. The summed E-state index contributed by atoms with van der Waals surface area (Å²) in [6.07, 6.45) is 2.82. The summed E-state index contributed by atoms with van der Waals surface area (Å²) in [5.74, 6) is -0.549. The van der Waals surface area contributed by atoms with Crippen LogP contribution in [0.4, 0.5) is 18.9 Å². The Hall–Kier alpha value is -2.63. The molecular weight excluding hydrogens is 407 g/mol. The molecule has 0 unspecified atom stereocenters. The normalized spacial score (nSPS) is 11.7. The molecule has 12 heteroatoms. The molecule has 0 aromatic carbocycles. The third-order valence-electron chi connectivity index (χ3n) is 3.00. The first-order valence-electron chi connectivity index (χ1n) is 6.90. The zero-order valence-corrected chi connectivity index (χ0v) is 14.1. The van der Waals surface area contributed by atoms with Gasteiger partial charge in [-0.25, -0.2) is 4.68 Å². The molecule has 1 amide bonds. The highest BCUT2D eigenvalue weighted by atomic mass is 79.9. The second-order valence-electron chi connectivity index (χ2n) is 5.08. The maximum Gasteiger partial charge on any atom is 0.408 e. The second-order valence-corrected chi connectivity index (χ2v) is 5.99. The van der Waals surface area contributed by atoms with Gasteiger partial charge in [0.05, 0.1) is 22.6 Å². The smallest absolute Gasteiger partial charge is 0.318 e. The van der Waals surface area contributed by atoms with E-state index in [4.69, 9.17) is 0 Å². The van der Waals surface area contributed by atoms with Gasteiger partial charge in [-0.15, -0.1) is 0 Å². The maximum atomic E-state index is 12.3. The third kappa shape index (κ3) is 4.68. The number of alkyl halides is 3. The Morgan fingerprint density at radius 3 is 2.60 bits per heavy atom. The number of anilines is 1. The summed E-state index contributed by atoms with van der Waals surface area (Å²) in [7, 11) is 0. The van der Waals surface area contributed by atoms with Gasteiger partial charge in [0.15, 0.2) is 5.69 Å². The Morgan fingerprint density at radius 2 is 1.92 bits per heavy atom. The van der Waals surface area contributed by atoms with Gasteiger partial charge in [0.2, 0.25) is 0 Å². The molecule has 0 atom stereocenters. The molecule has 0 fully saturated rings. The highest BCUT2D eigenvalue weighted by Gasteiger charge is 2.28. The van der Waals surface area contributed by atoms with E-state index in [2.05, 4.69) is 36.5 Å². The van der Waals surface area contributed by atoms with E-state index in [1.807, 2.05) is 0 Å². The molecule has 0 aliphatic heterocycles. The molecule has 0 spiro atoms. The number of carbonyl (C=O) groups excluding carboxylic acids is 1. The van der Waals surface area contributed by atoms with Crippen molar-refractivity contribution in [3.63, 3.8) is 0 Å². The summed E-state index contributed by atoms with van der Waals surface area (Å²) < 4.78 is 41.5. The summed E-state index contributed by atoms with van der Waals surface area (Å²) in [5.41, 5.74) is 0.273. The monoisotopic (exact) mass is 417 g/mol. The number of aromatic nitrogens is 6. The summed E-state index contributed by atoms with van der Waals surface area (Å²) >= 11 is 3.28. The van der Waals surface area contributed by atoms with Crippen LogP contribution >= 0.6 is 15.9 Å². The van der Waals surface area contributed by atoms with Crippen molar-refractivity contribution in [2.45, 2.75) is 19.4 Å². The van der Waals surface area contributed by atoms with E-state index >= 15 is 0 Å². The molecule has 3 rings (SSSR count). The molecule has 3 aromatic rings. The fraction of sp³-hybridized carbons (Fsp3) is 0.231. The zero-order chi connectivity index (χ0) is 18.0. The van der Waals surface area contributed by atoms with Crippen molar-refractivity contribution in [1.82, 2.24) is 29.3 Å². The van der Waals surface area contributed by atoms with Crippen molar-refractivity contribution in [3.05, 3.63) is 47.2 Å². The van der Waals surface area contributed by atoms with Crippen LogP contribution in [0.3, 0.4) is 0 Å². The number of rotatable bonds is 5. The van der Waals surface area contributed by atoms with Crippen LogP contribution in [-0.4, -0.2) is 41.4 Å². The summed E-state index contributed by atoms with van der Waals surface area (Å²) in [5, 5.41) is 14.2. The predicted octanol–water partition coefficient (Wildman–Crippen LogP) is 2.36. The van der Waals surface area contributed by atoms with Crippen molar-refractivity contribution in [2.75, 3.05) is 5.32 Å². The summed E-state index contributed by atoms with van der Waals surface area (Å²) in [6.45, 7) is -0.917. The van der Waals surface area contributed by atoms with E-state index < -0.39 is 18.6 Å². The number of hydrogen-bond donors (Lipinski definition) is 1. The van der Waals surface area contributed by atoms with Gasteiger partial charge in [0.25, 0.3) is 5.91 Å². The number of nitrogens with one attached hydrogen (secondary N) is 1. The fourth-order valence-corrected chi connectivity index (χ4v) is 2.35. The minimum absolute atomic E-state index is 0.120. The number of hydrogen-bond acceptors (Lipinski definition) is 4. The number of amides is 1. The molecule has 0 aliphatic rings. The Balaban J connectivity index is 1.62. The van der Waals surface area contributed by atoms with Crippen LogP contribution in [0.15, 0.2) is 41.5 Å². The first kappa shape index (κ1) is 17.2. The molecule has 132 valence electrons. The molecule has 3 aromatic heterocycles. The van der Waals surface area contributed by atoms with Gasteiger partial charge in [-0.1, -0.05) is 0 Å². The lowest BCUT2D eigenvalue weighted by molar-refractivity contribution is -0.142. The van der Waals surface area contributed by atoms with E-state index in [1.165, 1.54) is 10.7 Å². The molecule has 8 nitrogen and oxygen atoms in total. The van der Waals surface area contributed by atoms with Gasteiger partial charge in [0, 0.05) is 18.6 Å². The zero-order valence-electron chi connectivity index (χ0n) is 12.5. The van der Waals surface area contributed by atoms with Crippen LogP contribution in [0.2, 0.25) is 0 Å². The van der Waals surface area contributed by atoms with E-state index in [0.717, 1.165) is 16.9 Å². The quantitative estimate of drug-likeness (QED) is 0.690. The Bertz CT molecular complexity index is 882. The highest BCUT2D eigenvalue weighted by molar-refractivity contribution is 9.10. The number of nitrogens with zero attached hydrogens (tertiary/aromatic N) is 6. The fourth-order valence-electron chi connectivity index (χ4n) is 2.02. The SMILES string of the molecule is O=C(Nc1cnn(CC(F)(F)F)c1)c1ccn(Cn2cc(Br)cn2)n1. The Kier molecular flexibility index (Phi) is 4.61. The van der Waals surface area contributed by atoms with Crippen LogP contribution < -0.4 is 5.32 Å². The third-order valence-corrected chi connectivity index (χ3v) is 3.41. The molecule has 0 saturated heterocycles. The van der Waals surface area contributed by atoms with E-state index in [-0.39, 0.29) is 11.4 Å². The van der Waals surface area contributed by atoms with E-state index in [9.17, 15) is 18.0 Å². The Morgan fingerprint density at radius 1 is 1.16 bits per heavy atom. The lowest BCUT2D eigenvalue weighted by Gasteiger charge is -2.05. The van der Waals surface area contributed by atoms with Gasteiger partial charge in [-0.3, -0.25) is 14.2 Å². The van der Waals surface area contributed by atoms with Gasteiger partial charge >= 0.3 is 6.18 Å². The van der Waals surface area contributed by atoms with Crippen molar-refractivity contribution in [1.29, 1.82) is 0 Å². The first-order chi connectivity index (χ1) is 11.8. The molecular formula is C13H11BrF3N7O. The lowest BCUT2D eigenvalue weighted by Crippen LogP contribution is -2.18. The van der Waals surface area contributed by atoms with Gasteiger partial charge in [0.1, 0.15) is 13.2 Å². The standard InChI is InChI=1S/C13H11BrF3N7O/c14-9-3-18-24(5-9)8-22-2-1-11(21-22)12(25)20-10-4-19-23(6-10)7-13(15,16)17/h1-6H,7-8H2,(H,20,25). The van der Waals surface area contributed by atoms with Gasteiger partial charge in [-0.05, 0) is 22.0 Å². The topological polar surface area (TPSA) is 82.6 Å². The molecule has 0 saturated carbocycles. The van der Waals surface area contributed by atoms with Crippen molar-refractivity contribution < 1.29 is 18.0 Å². The van der Waals surface area contributed by atoms with Crippen molar-refractivity contribution in [2.24, 2.45) is 0 Å². The molecule has 0 radical (unpaired) electrons. The highest BCUT2D eigenvalue weighted by Crippen LogP contribution is 2.18. The average Bonchev–Trinajstić information content (AvgIpc) is 3.21. The molecule has 25 heavy (non-hydrogen) atoms. The van der Waals surface area contributed by atoms with Crippen LogP contribution in [0, 0.1) is 0 Å². The maximum absolute atomic E-state index is 12.3. The van der Waals surface area contributed by atoms with Crippen LogP contribution in [0.5, 0.6) is 0 Å². The lowest BCUT2D eigenvalue weighted by atomic mass is 10.4. The average molecular weight is 418 g/mol.